The molecular formula is C14H9IN2O. The molecule has 0 aliphatic heterocycles. The lowest BCUT2D eigenvalue weighted by atomic mass is 9.93. The minimum absolute atomic E-state index is 0.179. The van der Waals surface area contributed by atoms with Crippen LogP contribution in [0.4, 0.5) is 0 Å². The zero-order valence-electron chi connectivity index (χ0n) is 9.38. The van der Waals surface area contributed by atoms with Crippen LogP contribution in [0.3, 0.4) is 0 Å². The van der Waals surface area contributed by atoms with Crippen LogP contribution in [0.2, 0.25) is 0 Å². The molecule has 0 saturated heterocycles. The summed E-state index contributed by atoms with van der Waals surface area (Å²) in [7, 11) is 0. The van der Waals surface area contributed by atoms with Gasteiger partial charge in [0.2, 0.25) is 0 Å². The Hall–Kier alpha value is -1.74. The molecule has 0 aliphatic carbocycles. The average Bonchev–Trinajstić information content (AvgIpc) is 2.41. The van der Waals surface area contributed by atoms with Crippen molar-refractivity contribution in [2.45, 2.75) is 5.92 Å². The Morgan fingerprint density at radius 3 is 2.61 bits per heavy atom. The smallest absolute Gasteiger partial charge is 0.184 e. The van der Waals surface area contributed by atoms with Crippen molar-refractivity contribution in [3.63, 3.8) is 0 Å². The topological polar surface area (TPSA) is 53.8 Å². The maximum Gasteiger partial charge on any atom is 0.184 e. The number of Topliss-reactive ketones (excluding diaryl/α,β-unsaturated/α-hetero) is 1. The van der Waals surface area contributed by atoms with Crippen molar-refractivity contribution in [3.05, 3.63) is 63.5 Å². The summed E-state index contributed by atoms with van der Waals surface area (Å²) < 4.78 is 0.977. The zero-order chi connectivity index (χ0) is 13.0. The van der Waals surface area contributed by atoms with Gasteiger partial charge in [-0.3, -0.25) is 9.78 Å². The van der Waals surface area contributed by atoms with E-state index in [1.54, 1.807) is 36.7 Å². The zero-order valence-corrected chi connectivity index (χ0v) is 11.5. The van der Waals surface area contributed by atoms with Crippen LogP contribution >= 0.6 is 22.6 Å². The fraction of sp³-hybridized carbons (Fsp3) is 0.0714. The highest BCUT2D eigenvalue weighted by Crippen LogP contribution is 2.20. The van der Waals surface area contributed by atoms with Crippen LogP contribution in [-0.4, -0.2) is 10.8 Å². The summed E-state index contributed by atoms with van der Waals surface area (Å²) in [6.45, 7) is 0. The van der Waals surface area contributed by atoms with Crippen molar-refractivity contribution in [3.8, 4) is 6.07 Å². The third kappa shape index (κ3) is 2.74. The predicted molar refractivity (Wildman–Crippen MR) is 76.1 cm³/mol. The van der Waals surface area contributed by atoms with Gasteiger partial charge in [0, 0.05) is 21.5 Å². The Morgan fingerprint density at radius 1 is 1.28 bits per heavy atom. The second-order valence-electron chi connectivity index (χ2n) is 3.72. The summed E-state index contributed by atoms with van der Waals surface area (Å²) in [6, 6.07) is 12.7. The molecule has 2 rings (SSSR count). The highest BCUT2D eigenvalue weighted by atomic mass is 127. The number of rotatable bonds is 3. The molecule has 1 heterocycles. The van der Waals surface area contributed by atoms with Crippen LogP contribution in [0.15, 0.2) is 48.8 Å². The Bertz CT molecular complexity index is 605. The molecule has 1 aromatic heterocycles. The van der Waals surface area contributed by atoms with Gasteiger partial charge < -0.3 is 0 Å². The maximum absolute atomic E-state index is 12.3. The van der Waals surface area contributed by atoms with E-state index in [2.05, 4.69) is 33.6 Å². The SMILES string of the molecule is N#CC(C(=O)c1cccc(I)c1)c1ccncc1. The van der Waals surface area contributed by atoms with Gasteiger partial charge in [-0.05, 0) is 52.4 Å². The fourth-order valence-corrected chi connectivity index (χ4v) is 2.19. The number of benzene rings is 1. The summed E-state index contributed by atoms with van der Waals surface area (Å²) >= 11 is 2.14. The molecule has 0 spiro atoms. The molecule has 0 N–H and O–H groups in total. The average molecular weight is 348 g/mol. The first-order chi connectivity index (χ1) is 8.72. The van der Waals surface area contributed by atoms with E-state index in [0.29, 0.717) is 11.1 Å². The van der Waals surface area contributed by atoms with Gasteiger partial charge in [0.25, 0.3) is 0 Å². The van der Waals surface area contributed by atoms with Crippen LogP contribution in [0, 0.1) is 14.9 Å². The van der Waals surface area contributed by atoms with Crippen molar-refractivity contribution in [2.75, 3.05) is 0 Å². The van der Waals surface area contributed by atoms with Gasteiger partial charge in [-0.1, -0.05) is 12.1 Å². The van der Waals surface area contributed by atoms with E-state index in [-0.39, 0.29) is 5.78 Å². The van der Waals surface area contributed by atoms with E-state index in [4.69, 9.17) is 0 Å². The summed E-state index contributed by atoms with van der Waals surface area (Å²) in [4.78, 5) is 16.2. The van der Waals surface area contributed by atoms with Gasteiger partial charge in [-0.2, -0.15) is 5.26 Å². The van der Waals surface area contributed by atoms with E-state index in [1.165, 1.54) is 0 Å². The molecule has 88 valence electrons. The molecular weight excluding hydrogens is 339 g/mol. The second kappa shape index (κ2) is 5.74. The lowest BCUT2D eigenvalue weighted by Gasteiger charge is -2.08. The Labute approximate surface area is 119 Å². The molecule has 4 heteroatoms. The van der Waals surface area contributed by atoms with Gasteiger partial charge in [0.05, 0.1) is 6.07 Å². The normalized spacial score (nSPS) is 11.6. The number of nitrogens with zero attached hydrogens (tertiary/aromatic N) is 2. The van der Waals surface area contributed by atoms with E-state index < -0.39 is 5.92 Å². The van der Waals surface area contributed by atoms with E-state index in [0.717, 1.165) is 3.57 Å². The molecule has 1 unspecified atom stereocenters. The van der Waals surface area contributed by atoms with Crippen LogP contribution < -0.4 is 0 Å². The van der Waals surface area contributed by atoms with Crippen molar-refractivity contribution >= 4 is 28.4 Å². The number of ketones is 1. The number of aromatic nitrogens is 1. The quantitative estimate of drug-likeness (QED) is 0.632. The maximum atomic E-state index is 12.3. The van der Waals surface area contributed by atoms with Gasteiger partial charge in [0.15, 0.2) is 5.78 Å². The third-order valence-corrected chi connectivity index (χ3v) is 3.21. The highest BCUT2D eigenvalue weighted by Gasteiger charge is 2.21. The summed E-state index contributed by atoms with van der Waals surface area (Å²) in [5.74, 6) is -0.951. The molecule has 0 fully saturated rings. The standard InChI is InChI=1S/C14H9IN2O/c15-12-3-1-2-11(8-12)14(18)13(9-16)10-4-6-17-7-5-10/h1-8,13H. The van der Waals surface area contributed by atoms with Crippen molar-refractivity contribution in [1.82, 2.24) is 4.98 Å². The van der Waals surface area contributed by atoms with E-state index in [1.807, 2.05) is 12.1 Å². The largest absolute Gasteiger partial charge is 0.292 e. The molecule has 0 aliphatic rings. The molecule has 3 nitrogen and oxygen atoms in total. The summed E-state index contributed by atoms with van der Waals surface area (Å²) in [6.07, 6.45) is 3.17. The number of halogens is 1. The van der Waals surface area contributed by atoms with Crippen LogP contribution in [0.25, 0.3) is 0 Å². The Kier molecular flexibility index (Phi) is 4.05. The van der Waals surface area contributed by atoms with Crippen molar-refractivity contribution in [2.24, 2.45) is 0 Å². The van der Waals surface area contributed by atoms with Crippen molar-refractivity contribution in [1.29, 1.82) is 5.26 Å². The predicted octanol–water partition coefficient (Wildman–Crippen LogP) is 3.18. The Morgan fingerprint density at radius 2 is 2.00 bits per heavy atom. The van der Waals surface area contributed by atoms with Gasteiger partial charge >= 0.3 is 0 Å². The lowest BCUT2D eigenvalue weighted by Crippen LogP contribution is -2.11. The second-order valence-corrected chi connectivity index (χ2v) is 4.96. The molecule has 0 radical (unpaired) electrons. The summed E-state index contributed by atoms with van der Waals surface area (Å²) in [5.41, 5.74) is 1.24. The first-order valence-electron chi connectivity index (χ1n) is 5.31. The molecule has 0 bridgehead atoms. The number of carbonyl (C=O) groups is 1. The minimum atomic E-state index is -0.772. The van der Waals surface area contributed by atoms with Gasteiger partial charge in [-0.15, -0.1) is 0 Å². The van der Waals surface area contributed by atoms with Crippen LogP contribution in [-0.2, 0) is 0 Å². The number of hydrogen-bond acceptors (Lipinski definition) is 3. The van der Waals surface area contributed by atoms with Gasteiger partial charge in [0.1, 0.15) is 5.92 Å². The summed E-state index contributed by atoms with van der Waals surface area (Å²) in [5, 5.41) is 9.19. The number of pyridine rings is 1. The van der Waals surface area contributed by atoms with Crippen LogP contribution in [0.1, 0.15) is 21.8 Å². The Balaban J connectivity index is 2.36. The molecule has 1 aromatic carbocycles. The number of carbonyl (C=O) groups excluding carboxylic acids is 1. The molecule has 0 saturated carbocycles. The molecule has 1 atom stereocenters. The lowest BCUT2D eigenvalue weighted by molar-refractivity contribution is 0.0979. The molecule has 2 aromatic rings. The molecule has 18 heavy (non-hydrogen) atoms. The van der Waals surface area contributed by atoms with Crippen LogP contribution in [0.5, 0.6) is 0 Å². The van der Waals surface area contributed by atoms with Gasteiger partial charge in [-0.25, -0.2) is 0 Å². The third-order valence-electron chi connectivity index (χ3n) is 2.54. The van der Waals surface area contributed by atoms with E-state index in [9.17, 15) is 10.1 Å². The minimum Gasteiger partial charge on any atom is -0.292 e. The first kappa shape index (κ1) is 12.7. The van der Waals surface area contributed by atoms with Crippen molar-refractivity contribution < 1.29 is 4.79 Å². The highest BCUT2D eigenvalue weighted by molar-refractivity contribution is 14.1. The molecule has 0 amide bonds. The fourth-order valence-electron chi connectivity index (χ4n) is 1.65. The first-order valence-corrected chi connectivity index (χ1v) is 6.39. The number of nitriles is 1. The number of hydrogen-bond donors (Lipinski definition) is 0. The monoisotopic (exact) mass is 348 g/mol. The van der Waals surface area contributed by atoms with E-state index >= 15 is 0 Å².